The van der Waals surface area contributed by atoms with Gasteiger partial charge in [-0.2, -0.15) is 13.2 Å². The summed E-state index contributed by atoms with van der Waals surface area (Å²) in [5, 5.41) is 8.30. The first-order valence-electron chi connectivity index (χ1n) is 17.4. The van der Waals surface area contributed by atoms with E-state index >= 15 is 0 Å². The van der Waals surface area contributed by atoms with Crippen LogP contribution in [0.5, 0.6) is 0 Å². The van der Waals surface area contributed by atoms with Gasteiger partial charge < -0.3 is 25.6 Å². The summed E-state index contributed by atoms with van der Waals surface area (Å²) in [6.07, 6.45) is -3.63. The van der Waals surface area contributed by atoms with E-state index in [1.54, 1.807) is 48.5 Å². The Morgan fingerprint density at radius 2 is 1.30 bits per heavy atom. The average molecular weight is 745 g/mol. The molecule has 284 valence electrons. The van der Waals surface area contributed by atoms with Crippen LogP contribution in [0.3, 0.4) is 0 Å². The molecule has 0 aliphatic rings. The number of esters is 1. The highest BCUT2D eigenvalue weighted by Gasteiger charge is 2.48. The third-order valence-electron chi connectivity index (χ3n) is 8.57. The van der Waals surface area contributed by atoms with Gasteiger partial charge in [0.05, 0.1) is 23.2 Å². The van der Waals surface area contributed by atoms with Crippen molar-refractivity contribution in [3.05, 3.63) is 125 Å². The van der Waals surface area contributed by atoms with Gasteiger partial charge in [0.15, 0.2) is 5.41 Å². The predicted molar refractivity (Wildman–Crippen MR) is 199 cm³/mol. The monoisotopic (exact) mass is 744 g/mol. The lowest BCUT2D eigenvalue weighted by Gasteiger charge is -2.31. The van der Waals surface area contributed by atoms with Gasteiger partial charge in [-0.3, -0.25) is 24.0 Å². The number of rotatable bonds is 15. The number of benzene rings is 4. The Bertz CT molecular complexity index is 1940. The minimum atomic E-state index is -4.52. The molecule has 0 saturated carbocycles. The van der Waals surface area contributed by atoms with Gasteiger partial charge in [0.2, 0.25) is 11.8 Å². The zero-order valence-corrected chi connectivity index (χ0v) is 30.5. The number of anilines is 1. The van der Waals surface area contributed by atoms with E-state index in [9.17, 15) is 37.1 Å². The quantitative estimate of drug-likeness (QED) is 0.0953. The fraction of sp³-hybridized carbons (Fsp3) is 0.293. The fourth-order valence-electron chi connectivity index (χ4n) is 5.68. The first-order chi connectivity index (χ1) is 25.7. The molecule has 4 aromatic carbocycles. The van der Waals surface area contributed by atoms with E-state index in [-0.39, 0.29) is 23.2 Å². The molecule has 0 atom stereocenters. The van der Waals surface area contributed by atoms with Crippen molar-refractivity contribution in [2.24, 2.45) is 0 Å². The molecule has 10 nitrogen and oxygen atoms in total. The zero-order valence-electron chi connectivity index (χ0n) is 30.5. The molecule has 54 heavy (non-hydrogen) atoms. The van der Waals surface area contributed by atoms with Gasteiger partial charge in [-0.25, -0.2) is 0 Å². The Morgan fingerprint density at radius 1 is 0.704 bits per heavy atom. The molecule has 0 aliphatic carbocycles. The first kappa shape index (κ1) is 40.8. The van der Waals surface area contributed by atoms with Crippen LogP contribution >= 0.6 is 0 Å². The number of carbonyl (C=O) groups is 5. The maximum atomic E-state index is 13.7. The van der Waals surface area contributed by atoms with Crippen molar-refractivity contribution >= 4 is 35.3 Å². The molecule has 0 fully saturated rings. The van der Waals surface area contributed by atoms with Crippen LogP contribution < -0.4 is 16.0 Å². The van der Waals surface area contributed by atoms with Gasteiger partial charge in [0.25, 0.3) is 11.8 Å². The Kier molecular flexibility index (Phi) is 13.7. The smallest absolute Gasteiger partial charge is 0.416 e. The van der Waals surface area contributed by atoms with E-state index in [0.717, 1.165) is 12.1 Å². The van der Waals surface area contributed by atoms with E-state index in [4.69, 9.17) is 4.74 Å². The molecule has 0 saturated heterocycles. The Balaban J connectivity index is 1.60. The highest BCUT2D eigenvalue weighted by Crippen LogP contribution is 2.33. The van der Waals surface area contributed by atoms with Gasteiger partial charge in [0, 0.05) is 32.7 Å². The average Bonchev–Trinajstić information content (AvgIpc) is 3.16. The molecule has 4 rings (SSSR count). The lowest BCUT2D eigenvalue weighted by Crippen LogP contribution is -2.58. The third kappa shape index (κ3) is 9.71. The van der Waals surface area contributed by atoms with Crippen LogP contribution in [0.15, 0.2) is 97.1 Å². The van der Waals surface area contributed by atoms with Crippen molar-refractivity contribution in [1.82, 2.24) is 15.5 Å². The Hall–Kier alpha value is -5.98. The lowest BCUT2D eigenvalue weighted by atomic mass is 9.79. The highest BCUT2D eigenvalue weighted by atomic mass is 19.4. The number of amides is 4. The summed E-state index contributed by atoms with van der Waals surface area (Å²) in [6, 6.07) is 23.6. The second-order valence-corrected chi connectivity index (χ2v) is 12.8. The van der Waals surface area contributed by atoms with Gasteiger partial charge in [0.1, 0.15) is 6.61 Å². The number of alkyl halides is 3. The van der Waals surface area contributed by atoms with Gasteiger partial charge in [-0.1, -0.05) is 80.6 Å². The van der Waals surface area contributed by atoms with Crippen LogP contribution in [0.25, 0.3) is 11.1 Å². The standard InChI is InChI=1S/C41H43F3N4O6/c1-5-22-45-38(52)40(39(53)46-23-6-2,29-12-8-7-9-13-29)26-54-35(49)25-27-16-21-34(33(24-27)37(51)48(3)4)47-36(50)32-15-11-10-14-31(32)28-17-19-30(20-18-28)41(42,43)44/h7-21,24H,5-6,22-23,25-26H2,1-4H3,(H,45,52)(H,46,53)(H,47,50). The summed E-state index contributed by atoms with van der Waals surface area (Å²) < 4.78 is 45.1. The molecule has 0 spiro atoms. The van der Waals surface area contributed by atoms with Crippen LogP contribution in [-0.2, 0) is 37.1 Å². The van der Waals surface area contributed by atoms with Crippen molar-refractivity contribution in [3.63, 3.8) is 0 Å². The second kappa shape index (κ2) is 18.2. The van der Waals surface area contributed by atoms with E-state index in [2.05, 4.69) is 16.0 Å². The molecule has 0 aliphatic heterocycles. The zero-order chi connectivity index (χ0) is 39.5. The van der Waals surface area contributed by atoms with Gasteiger partial charge in [-0.05, 0) is 65.4 Å². The molecule has 0 aromatic heterocycles. The number of halogens is 3. The van der Waals surface area contributed by atoms with Crippen LogP contribution in [0.4, 0.5) is 18.9 Å². The second-order valence-electron chi connectivity index (χ2n) is 12.8. The van der Waals surface area contributed by atoms with Crippen molar-refractivity contribution in [3.8, 4) is 11.1 Å². The van der Waals surface area contributed by atoms with Crippen molar-refractivity contribution < 1.29 is 41.9 Å². The highest BCUT2D eigenvalue weighted by molar-refractivity contribution is 6.12. The van der Waals surface area contributed by atoms with Gasteiger partial charge >= 0.3 is 12.1 Å². The number of hydrogen-bond donors (Lipinski definition) is 3. The molecule has 0 heterocycles. The summed E-state index contributed by atoms with van der Waals surface area (Å²) in [7, 11) is 3.04. The molecule has 13 heteroatoms. The number of carbonyl (C=O) groups excluding carboxylic acids is 5. The van der Waals surface area contributed by atoms with E-state index < -0.39 is 53.4 Å². The first-order valence-corrected chi connectivity index (χ1v) is 17.4. The number of hydrogen-bond acceptors (Lipinski definition) is 6. The molecule has 0 unspecified atom stereocenters. The molecule has 0 bridgehead atoms. The molecule has 3 N–H and O–H groups in total. The van der Waals surface area contributed by atoms with Crippen molar-refractivity contribution in [2.75, 3.05) is 39.1 Å². The molecule has 4 aromatic rings. The molecule has 0 radical (unpaired) electrons. The van der Waals surface area contributed by atoms with Crippen molar-refractivity contribution in [1.29, 1.82) is 0 Å². The molecule has 4 amide bonds. The normalized spacial score (nSPS) is 11.3. The molecular formula is C41H43F3N4O6. The number of ether oxygens (including phenoxy) is 1. The summed E-state index contributed by atoms with van der Waals surface area (Å²) in [4.78, 5) is 69.0. The van der Waals surface area contributed by atoms with E-state index in [1.807, 2.05) is 13.8 Å². The van der Waals surface area contributed by atoms with Crippen LogP contribution in [0.1, 0.15) is 64.1 Å². The Labute approximate surface area is 312 Å². The van der Waals surface area contributed by atoms with E-state index in [0.29, 0.717) is 48.2 Å². The number of nitrogens with one attached hydrogen (secondary N) is 3. The van der Waals surface area contributed by atoms with E-state index in [1.165, 1.54) is 55.4 Å². The minimum Gasteiger partial charge on any atom is -0.463 e. The minimum absolute atomic E-state index is 0.0576. The summed E-state index contributed by atoms with van der Waals surface area (Å²) in [5.74, 6) is -3.11. The largest absolute Gasteiger partial charge is 0.463 e. The van der Waals surface area contributed by atoms with Crippen LogP contribution in [-0.4, -0.2) is 68.3 Å². The van der Waals surface area contributed by atoms with Gasteiger partial charge in [-0.15, -0.1) is 0 Å². The lowest BCUT2D eigenvalue weighted by molar-refractivity contribution is -0.150. The van der Waals surface area contributed by atoms with Crippen LogP contribution in [0, 0.1) is 0 Å². The third-order valence-corrected chi connectivity index (χ3v) is 8.57. The SMILES string of the molecule is CCCNC(=O)C(COC(=O)Cc1ccc(NC(=O)c2ccccc2-c2ccc(C(F)(F)F)cc2)c(C(=O)N(C)C)c1)(C(=O)NCCC)c1ccccc1. The Morgan fingerprint density at radius 3 is 1.87 bits per heavy atom. The summed E-state index contributed by atoms with van der Waals surface area (Å²) in [5.41, 5.74) is -0.906. The summed E-state index contributed by atoms with van der Waals surface area (Å²) >= 11 is 0. The topological polar surface area (TPSA) is 134 Å². The fourth-order valence-corrected chi connectivity index (χ4v) is 5.68. The molecular weight excluding hydrogens is 701 g/mol. The summed E-state index contributed by atoms with van der Waals surface area (Å²) in [6.45, 7) is 3.76. The maximum absolute atomic E-state index is 13.7. The van der Waals surface area contributed by atoms with Crippen molar-refractivity contribution in [2.45, 2.75) is 44.7 Å². The number of nitrogens with zero attached hydrogens (tertiary/aromatic N) is 1. The maximum Gasteiger partial charge on any atom is 0.416 e. The predicted octanol–water partition coefficient (Wildman–Crippen LogP) is 6.40. The van der Waals surface area contributed by atoms with Crippen LogP contribution in [0.2, 0.25) is 0 Å².